The second kappa shape index (κ2) is 8.97. The van der Waals surface area contributed by atoms with E-state index in [4.69, 9.17) is 4.74 Å². The Labute approximate surface area is 145 Å². The predicted octanol–water partition coefficient (Wildman–Crippen LogP) is 3.29. The fourth-order valence-electron chi connectivity index (χ4n) is 3.21. The van der Waals surface area contributed by atoms with Crippen LogP contribution >= 0.6 is 0 Å². The number of nitrogens with one attached hydrogen (secondary N) is 1. The van der Waals surface area contributed by atoms with Gasteiger partial charge in [0.1, 0.15) is 6.10 Å². The molecule has 1 fully saturated rings. The van der Waals surface area contributed by atoms with Crippen molar-refractivity contribution in [2.45, 2.75) is 71.1 Å². The van der Waals surface area contributed by atoms with Gasteiger partial charge in [0, 0.05) is 6.42 Å². The molecule has 0 aliphatic heterocycles. The van der Waals surface area contributed by atoms with Gasteiger partial charge in [-0.15, -0.1) is 0 Å². The summed E-state index contributed by atoms with van der Waals surface area (Å²) >= 11 is 0. The summed E-state index contributed by atoms with van der Waals surface area (Å²) in [6.07, 6.45) is 4.40. The van der Waals surface area contributed by atoms with Crippen LogP contribution in [0.5, 0.6) is 0 Å². The minimum atomic E-state index is -0.521. The lowest BCUT2D eigenvalue weighted by molar-refractivity contribution is -0.139. The molecule has 0 heterocycles. The third-order valence-electron chi connectivity index (χ3n) is 4.72. The van der Waals surface area contributed by atoms with Crippen molar-refractivity contribution in [2.24, 2.45) is 5.92 Å². The number of carbonyl (C=O) groups is 2. The highest BCUT2D eigenvalue weighted by Gasteiger charge is 2.25. The van der Waals surface area contributed by atoms with Crippen molar-refractivity contribution >= 4 is 11.7 Å². The van der Waals surface area contributed by atoms with Crippen LogP contribution in [0.1, 0.15) is 52.0 Å². The number of Topliss-reactive ketones (excluding diaryl/α,β-unsaturated/α-hetero) is 1. The summed E-state index contributed by atoms with van der Waals surface area (Å²) in [5.74, 6) is 0.459. The summed E-state index contributed by atoms with van der Waals surface area (Å²) in [6.45, 7) is 5.73. The standard InChI is InChI=1S/C20H29NO3/c1-14-8-7-11-18(12-14)24-16(3)20(23)21-15(2)19(22)13-17-9-5-4-6-10-17/h4-6,9-10,14-16,18H,7-8,11-13H2,1-3H3,(H,21,23)/t14-,15-,16+,18+/m1/s1. The molecule has 1 amide bonds. The molecule has 1 saturated carbocycles. The van der Waals surface area contributed by atoms with Crippen molar-refractivity contribution in [3.63, 3.8) is 0 Å². The molecule has 0 aromatic heterocycles. The number of ketones is 1. The maximum absolute atomic E-state index is 12.3. The van der Waals surface area contributed by atoms with Crippen LogP contribution in [-0.4, -0.2) is 29.9 Å². The highest BCUT2D eigenvalue weighted by atomic mass is 16.5. The summed E-state index contributed by atoms with van der Waals surface area (Å²) in [4.78, 5) is 24.5. The SMILES string of the molecule is C[C@@H]1CCC[C@H](O[C@@H](C)C(=O)N[C@H](C)C(=O)Cc2ccccc2)C1. The number of rotatable bonds is 7. The summed E-state index contributed by atoms with van der Waals surface area (Å²) in [5.41, 5.74) is 0.962. The summed E-state index contributed by atoms with van der Waals surface area (Å²) in [7, 11) is 0. The van der Waals surface area contributed by atoms with Gasteiger partial charge in [0.2, 0.25) is 5.91 Å². The van der Waals surface area contributed by atoms with E-state index in [1.165, 1.54) is 6.42 Å². The lowest BCUT2D eigenvalue weighted by Crippen LogP contribution is -2.45. The van der Waals surface area contributed by atoms with Gasteiger partial charge in [-0.25, -0.2) is 0 Å². The predicted molar refractivity (Wildman–Crippen MR) is 94.7 cm³/mol. The van der Waals surface area contributed by atoms with Crippen LogP contribution in [0.4, 0.5) is 0 Å². The second-order valence-corrected chi connectivity index (χ2v) is 7.03. The summed E-state index contributed by atoms with van der Waals surface area (Å²) in [6, 6.07) is 9.07. The Morgan fingerprint density at radius 2 is 1.92 bits per heavy atom. The molecule has 1 aliphatic carbocycles. The minimum absolute atomic E-state index is 0.00744. The molecule has 0 bridgehead atoms. The highest BCUT2D eigenvalue weighted by Crippen LogP contribution is 2.26. The molecule has 4 nitrogen and oxygen atoms in total. The Kier molecular flexibility index (Phi) is 6.98. The zero-order valence-corrected chi connectivity index (χ0v) is 15.0. The van der Waals surface area contributed by atoms with Crippen LogP contribution in [0, 0.1) is 5.92 Å². The number of amides is 1. The van der Waals surface area contributed by atoms with Gasteiger partial charge in [-0.3, -0.25) is 9.59 Å². The maximum atomic E-state index is 12.3. The Bertz CT molecular complexity index is 543. The lowest BCUT2D eigenvalue weighted by Gasteiger charge is -2.29. The Balaban J connectivity index is 1.78. The van der Waals surface area contributed by atoms with E-state index in [1.807, 2.05) is 30.3 Å². The van der Waals surface area contributed by atoms with E-state index in [2.05, 4.69) is 12.2 Å². The van der Waals surface area contributed by atoms with E-state index < -0.39 is 12.1 Å². The Morgan fingerprint density at radius 3 is 2.58 bits per heavy atom. The Morgan fingerprint density at radius 1 is 1.21 bits per heavy atom. The van der Waals surface area contributed by atoms with Gasteiger partial charge in [0.15, 0.2) is 5.78 Å². The van der Waals surface area contributed by atoms with Crippen LogP contribution in [0.2, 0.25) is 0 Å². The van der Waals surface area contributed by atoms with Gasteiger partial charge in [-0.1, -0.05) is 50.1 Å². The van der Waals surface area contributed by atoms with E-state index >= 15 is 0 Å². The first-order valence-corrected chi connectivity index (χ1v) is 8.98. The van der Waals surface area contributed by atoms with Crippen LogP contribution in [-0.2, 0) is 20.7 Å². The fraction of sp³-hybridized carbons (Fsp3) is 0.600. The third-order valence-corrected chi connectivity index (χ3v) is 4.72. The molecule has 4 atom stereocenters. The van der Waals surface area contributed by atoms with Gasteiger partial charge in [0.05, 0.1) is 12.1 Å². The quantitative estimate of drug-likeness (QED) is 0.834. The monoisotopic (exact) mass is 331 g/mol. The fourth-order valence-corrected chi connectivity index (χ4v) is 3.21. The summed E-state index contributed by atoms with van der Waals surface area (Å²) in [5, 5.41) is 2.79. The van der Waals surface area contributed by atoms with Gasteiger partial charge >= 0.3 is 0 Å². The Hall–Kier alpha value is -1.68. The summed E-state index contributed by atoms with van der Waals surface area (Å²) < 4.78 is 5.90. The van der Waals surface area contributed by atoms with E-state index in [1.54, 1.807) is 13.8 Å². The van der Waals surface area contributed by atoms with Crippen LogP contribution in [0.25, 0.3) is 0 Å². The molecule has 1 aromatic carbocycles. The normalized spacial score (nSPS) is 23.3. The molecule has 1 aliphatic rings. The average Bonchev–Trinajstić information content (AvgIpc) is 2.55. The molecular formula is C20H29NO3. The largest absolute Gasteiger partial charge is 0.365 e. The van der Waals surface area contributed by atoms with Crippen molar-refractivity contribution in [1.29, 1.82) is 0 Å². The number of hydrogen-bond donors (Lipinski definition) is 1. The van der Waals surface area contributed by atoms with E-state index in [0.29, 0.717) is 12.3 Å². The van der Waals surface area contributed by atoms with Gasteiger partial charge < -0.3 is 10.1 Å². The van der Waals surface area contributed by atoms with Gasteiger partial charge in [-0.05, 0) is 38.2 Å². The second-order valence-electron chi connectivity index (χ2n) is 7.03. The number of ether oxygens (including phenoxy) is 1. The lowest BCUT2D eigenvalue weighted by atomic mass is 9.88. The van der Waals surface area contributed by atoms with Crippen molar-refractivity contribution in [1.82, 2.24) is 5.32 Å². The zero-order chi connectivity index (χ0) is 17.5. The molecule has 24 heavy (non-hydrogen) atoms. The van der Waals surface area contributed by atoms with Crippen molar-refractivity contribution in [2.75, 3.05) is 0 Å². The molecule has 0 unspecified atom stereocenters. The van der Waals surface area contributed by atoms with Crippen molar-refractivity contribution < 1.29 is 14.3 Å². The highest BCUT2D eigenvalue weighted by molar-refractivity contribution is 5.91. The third kappa shape index (κ3) is 5.75. The van der Waals surface area contributed by atoms with Crippen LogP contribution in [0.15, 0.2) is 30.3 Å². The molecule has 1 N–H and O–H groups in total. The number of benzene rings is 1. The van der Waals surface area contributed by atoms with Gasteiger partial charge in [0.25, 0.3) is 0 Å². The van der Waals surface area contributed by atoms with E-state index in [-0.39, 0.29) is 17.8 Å². The van der Waals surface area contributed by atoms with Crippen LogP contribution in [0.3, 0.4) is 0 Å². The molecule has 2 rings (SSSR count). The molecule has 1 aromatic rings. The molecule has 0 radical (unpaired) electrons. The van der Waals surface area contributed by atoms with Crippen LogP contribution < -0.4 is 5.32 Å². The molecule has 4 heteroatoms. The number of carbonyl (C=O) groups excluding carboxylic acids is 2. The molecule has 0 spiro atoms. The minimum Gasteiger partial charge on any atom is -0.365 e. The molecule has 132 valence electrons. The average molecular weight is 331 g/mol. The molecular weight excluding hydrogens is 302 g/mol. The number of hydrogen-bond acceptors (Lipinski definition) is 3. The van der Waals surface area contributed by atoms with E-state index in [9.17, 15) is 9.59 Å². The first-order chi connectivity index (χ1) is 11.5. The van der Waals surface area contributed by atoms with Crippen molar-refractivity contribution in [3.8, 4) is 0 Å². The first-order valence-electron chi connectivity index (χ1n) is 8.98. The smallest absolute Gasteiger partial charge is 0.249 e. The first kappa shape index (κ1) is 18.7. The topological polar surface area (TPSA) is 55.4 Å². The van der Waals surface area contributed by atoms with E-state index in [0.717, 1.165) is 24.8 Å². The molecule has 0 saturated heterocycles. The van der Waals surface area contributed by atoms with Crippen molar-refractivity contribution in [3.05, 3.63) is 35.9 Å². The zero-order valence-electron chi connectivity index (χ0n) is 15.0. The maximum Gasteiger partial charge on any atom is 0.249 e. The van der Waals surface area contributed by atoms with Gasteiger partial charge in [-0.2, -0.15) is 0 Å².